The van der Waals surface area contributed by atoms with Gasteiger partial charge in [-0.05, 0) is 62.1 Å². The van der Waals surface area contributed by atoms with Crippen molar-refractivity contribution in [3.63, 3.8) is 0 Å². The first-order chi connectivity index (χ1) is 10.3. The maximum absolute atomic E-state index is 2.24. The summed E-state index contributed by atoms with van der Waals surface area (Å²) >= 11 is 0. The minimum atomic E-state index is 1.28. The van der Waals surface area contributed by atoms with Crippen LogP contribution in [0.4, 0.5) is 11.4 Å². The van der Waals surface area contributed by atoms with Gasteiger partial charge in [-0.1, -0.05) is 12.1 Å². The van der Waals surface area contributed by atoms with E-state index in [1.807, 2.05) is 0 Å². The molecule has 0 unspecified atom stereocenters. The van der Waals surface area contributed by atoms with Crippen LogP contribution in [-0.4, -0.2) is 28.2 Å². The van der Waals surface area contributed by atoms with E-state index in [1.165, 1.54) is 44.8 Å². The molecule has 0 aliphatic rings. The Hall–Kier alpha value is -1.96. The minimum absolute atomic E-state index is 1.28. The van der Waals surface area contributed by atoms with Crippen LogP contribution in [0.5, 0.6) is 0 Å². The highest BCUT2D eigenvalue weighted by molar-refractivity contribution is 5.91. The topological polar surface area (TPSA) is 6.48 Å². The predicted octanol–water partition coefficient (Wildman–Crippen LogP) is 4.72. The summed E-state index contributed by atoms with van der Waals surface area (Å²) in [6, 6.07) is 8.90. The zero-order valence-corrected chi connectivity index (χ0v) is 15.2. The summed E-state index contributed by atoms with van der Waals surface area (Å²) in [5.41, 5.74) is 10.7. The third kappa shape index (κ3) is 2.70. The van der Waals surface area contributed by atoms with Crippen LogP contribution in [0.25, 0.3) is 11.1 Å². The fourth-order valence-electron chi connectivity index (χ4n) is 2.98. The highest BCUT2D eigenvalue weighted by Gasteiger charge is 2.19. The number of anilines is 2. The Balaban J connectivity index is 2.93. The van der Waals surface area contributed by atoms with Gasteiger partial charge in [0.2, 0.25) is 0 Å². The largest absolute Gasteiger partial charge is 0.377 e. The van der Waals surface area contributed by atoms with Crippen LogP contribution in [-0.2, 0) is 0 Å². The number of nitrogens with zero attached hydrogens (tertiary/aromatic N) is 2. The first-order valence-electron chi connectivity index (χ1n) is 7.81. The van der Waals surface area contributed by atoms with E-state index in [2.05, 4.69) is 90.0 Å². The fourth-order valence-corrected chi connectivity index (χ4v) is 2.98. The highest BCUT2D eigenvalue weighted by atomic mass is 15.1. The molecule has 0 fully saturated rings. The van der Waals surface area contributed by atoms with Crippen molar-refractivity contribution in [1.29, 1.82) is 0 Å². The molecule has 0 saturated carbocycles. The summed E-state index contributed by atoms with van der Waals surface area (Å²) in [4.78, 5) is 4.42. The molecule has 2 nitrogen and oxygen atoms in total. The molecule has 2 aromatic carbocycles. The molecule has 0 heterocycles. The van der Waals surface area contributed by atoms with Crippen LogP contribution >= 0.6 is 0 Å². The summed E-state index contributed by atoms with van der Waals surface area (Å²) in [5, 5.41) is 0. The van der Waals surface area contributed by atoms with Gasteiger partial charge in [-0.2, -0.15) is 0 Å². The van der Waals surface area contributed by atoms with Gasteiger partial charge >= 0.3 is 0 Å². The van der Waals surface area contributed by atoms with Gasteiger partial charge in [0.15, 0.2) is 0 Å². The van der Waals surface area contributed by atoms with Crippen molar-refractivity contribution in [3.05, 3.63) is 46.5 Å². The lowest BCUT2D eigenvalue weighted by molar-refractivity contribution is 1.10. The van der Waals surface area contributed by atoms with Gasteiger partial charge in [0.25, 0.3) is 0 Å². The second-order valence-electron chi connectivity index (χ2n) is 6.59. The molecule has 0 aromatic heterocycles. The summed E-state index contributed by atoms with van der Waals surface area (Å²) < 4.78 is 0. The van der Waals surface area contributed by atoms with E-state index in [4.69, 9.17) is 0 Å². The molecule has 2 aromatic rings. The number of benzene rings is 2. The van der Waals surface area contributed by atoms with Crippen molar-refractivity contribution >= 4 is 11.4 Å². The number of hydrogen-bond donors (Lipinski definition) is 0. The van der Waals surface area contributed by atoms with Crippen molar-refractivity contribution in [2.45, 2.75) is 27.7 Å². The van der Waals surface area contributed by atoms with Gasteiger partial charge in [0.05, 0.1) is 0 Å². The molecule has 0 spiro atoms. The summed E-state index contributed by atoms with van der Waals surface area (Å²) in [6.07, 6.45) is 0. The number of hydrogen-bond acceptors (Lipinski definition) is 2. The monoisotopic (exact) mass is 296 g/mol. The second-order valence-corrected chi connectivity index (χ2v) is 6.59. The predicted molar refractivity (Wildman–Crippen MR) is 99.5 cm³/mol. The van der Waals surface area contributed by atoms with E-state index in [1.54, 1.807) is 0 Å². The van der Waals surface area contributed by atoms with Gasteiger partial charge in [-0.25, -0.2) is 0 Å². The molecule has 0 aliphatic heterocycles. The smallest absolute Gasteiger partial charge is 0.0444 e. The van der Waals surface area contributed by atoms with E-state index in [0.29, 0.717) is 0 Å². The Morgan fingerprint density at radius 3 is 1.14 bits per heavy atom. The van der Waals surface area contributed by atoms with Crippen LogP contribution in [0.3, 0.4) is 0 Å². The third-order valence-corrected chi connectivity index (χ3v) is 4.64. The summed E-state index contributed by atoms with van der Waals surface area (Å²) in [6.45, 7) is 8.86. The molecular formula is C20H28N2. The first-order valence-corrected chi connectivity index (χ1v) is 7.81. The number of aryl methyl sites for hydroxylation is 2. The second kappa shape index (κ2) is 6.04. The van der Waals surface area contributed by atoms with Crippen LogP contribution in [0, 0.1) is 27.7 Å². The van der Waals surface area contributed by atoms with E-state index >= 15 is 0 Å². The van der Waals surface area contributed by atoms with Crippen LogP contribution < -0.4 is 9.80 Å². The maximum Gasteiger partial charge on any atom is 0.0444 e. The van der Waals surface area contributed by atoms with Crippen molar-refractivity contribution in [1.82, 2.24) is 0 Å². The molecular weight excluding hydrogens is 268 g/mol. The van der Waals surface area contributed by atoms with E-state index in [-0.39, 0.29) is 0 Å². The Kier molecular flexibility index (Phi) is 4.50. The third-order valence-electron chi connectivity index (χ3n) is 4.64. The average molecular weight is 296 g/mol. The van der Waals surface area contributed by atoms with Crippen molar-refractivity contribution in [3.8, 4) is 11.1 Å². The molecule has 2 heteroatoms. The van der Waals surface area contributed by atoms with Gasteiger partial charge < -0.3 is 9.80 Å². The Morgan fingerprint density at radius 2 is 0.864 bits per heavy atom. The van der Waals surface area contributed by atoms with Gasteiger partial charge in [-0.15, -0.1) is 0 Å². The molecule has 0 radical (unpaired) electrons. The average Bonchev–Trinajstić information content (AvgIpc) is 2.44. The lowest BCUT2D eigenvalue weighted by atomic mass is 9.88. The highest BCUT2D eigenvalue weighted by Crippen LogP contribution is 2.42. The molecule has 0 atom stereocenters. The van der Waals surface area contributed by atoms with E-state index in [0.717, 1.165) is 0 Å². The quantitative estimate of drug-likeness (QED) is 0.808. The SMILES string of the molecule is Cc1ccc(N(C)C)c(-c2c(N(C)C)ccc(C)c2C)c1C. The fraction of sp³-hybridized carbons (Fsp3) is 0.400. The molecule has 0 saturated heterocycles. The van der Waals surface area contributed by atoms with Gasteiger partial charge in [-0.3, -0.25) is 0 Å². The van der Waals surface area contributed by atoms with Crippen molar-refractivity contribution in [2.75, 3.05) is 38.0 Å². The van der Waals surface area contributed by atoms with Gasteiger partial charge in [0.1, 0.15) is 0 Å². The lowest BCUT2D eigenvalue weighted by Gasteiger charge is -2.27. The standard InChI is InChI=1S/C20H28N2/c1-13-9-11-17(21(5)6)19(15(13)3)20-16(4)14(2)10-12-18(20)22(7)8/h9-12H,1-8H3. The van der Waals surface area contributed by atoms with Crippen molar-refractivity contribution in [2.24, 2.45) is 0 Å². The first kappa shape index (κ1) is 16.4. The molecule has 0 bridgehead atoms. The molecule has 0 amide bonds. The summed E-state index contributed by atoms with van der Waals surface area (Å²) in [7, 11) is 8.48. The maximum atomic E-state index is 2.24. The van der Waals surface area contributed by atoms with E-state index in [9.17, 15) is 0 Å². The van der Waals surface area contributed by atoms with Crippen LogP contribution in [0.2, 0.25) is 0 Å². The van der Waals surface area contributed by atoms with Gasteiger partial charge in [0, 0.05) is 50.7 Å². The minimum Gasteiger partial charge on any atom is -0.377 e. The normalized spacial score (nSPS) is 10.7. The van der Waals surface area contributed by atoms with E-state index < -0.39 is 0 Å². The molecule has 2 rings (SSSR count). The Morgan fingerprint density at radius 1 is 0.545 bits per heavy atom. The van der Waals surface area contributed by atoms with Crippen molar-refractivity contribution < 1.29 is 0 Å². The number of rotatable bonds is 3. The van der Waals surface area contributed by atoms with Crippen LogP contribution in [0.1, 0.15) is 22.3 Å². The Labute approximate surface area is 135 Å². The molecule has 22 heavy (non-hydrogen) atoms. The zero-order valence-electron chi connectivity index (χ0n) is 15.2. The molecule has 118 valence electrons. The lowest BCUT2D eigenvalue weighted by Crippen LogP contribution is -2.15. The summed E-state index contributed by atoms with van der Waals surface area (Å²) in [5.74, 6) is 0. The van der Waals surface area contributed by atoms with Crippen LogP contribution in [0.15, 0.2) is 24.3 Å². The zero-order chi connectivity index (χ0) is 16.6. The Bertz CT molecular complexity index is 636. The molecule has 0 aliphatic carbocycles. The molecule has 0 N–H and O–H groups in total.